The fraction of sp³-hybridized carbons (Fsp3) is 0.818. The van der Waals surface area contributed by atoms with Gasteiger partial charge in [-0.05, 0) is 26.8 Å². The molecule has 0 radical (unpaired) electrons. The second-order valence-corrected chi connectivity index (χ2v) is 4.18. The highest BCUT2D eigenvalue weighted by atomic mass is 16.1. The zero-order valence-corrected chi connectivity index (χ0v) is 9.17. The van der Waals surface area contributed by atoms with Crippen LogP contribution < -0.4 is 5.32 Å². The third-order valence-corrected chi connectivity index (χ3v) is 3.31. The summed E-state index contributed by atoms with van der Waals surface area (Å²) in [5, 5.41) is 3.02. The Kier molecular flexibility index (Phi) is 3.81. The molecule has 0 aromatic carbocycles. The topological polar surface area (TPSA) is 46.2 Å². The summed E-state index contributed by atoms with van der Waals surface area (Å²) in [6.07, 6.45) is 2.83. The molecular weight excluding hydrogens is 178 g/mol. The third-order valence-electron chi connectivity index (χ3n) is 3.31. The standard InChI is InChI=1S/C11H19NO2/c1-7(8(2)13)9-5-4-6-10(12-3)11(9)14/h7,9-10,12H,4-6H2,1-3H3. The van der Waals surface area contributed by atoms with Crippen molar-refractivity contribution in [2.75, 3.05) is 7.05 Å². The Bertz CT molecular complexity index is 237. The molecule has 0 saturated heterocycles. The molecule has 1 saturated carbocycles. The summed E-state index contributed by atoms with van der Waals surface area (Å²) in [5.41, 5.74) is 0. The summed E-state index contributed by atoms with van der Waals surface area (Å²) >= 11 is 0. The SMILES string of the molecule is CNC1CCCC(C(C)C(C)=O)C1=O. The molecule has 80 valence electrons. The molecule has 0 aromatic heterocycles. The van der Waals surface area contributed by atoms with Gasteiger partial charge in [0.15, 0.2) is 5.78 Å². The summed E-state index contributed by atoms with van der Waals surface area (Å²) in [6, 6.07) is -0.0319. The van der Waals surface area contributed by atoms with Crippen molar-refractivity contribution in [3.8, 4) is 0 Å². The Hall–Kier alpha value is -0.700. The van der Waals surface area contributed by atoms with Crippen molar-refractivity contribution in [1.29, 1.82) is 0 Å². The van der Waals surface area contributed by atoms with Gasteiger partial charge in [-0.25, -0.2) is 0 Å². The molecule has 0 aliphatic heterocycles. The van der Waals surface area contributed by atoms with E-state index in [1.165, 1.54) is 0 Å². The largest absolute Gasteiger partial charge is 0.311 e. The van der Waals surface area contributed by atoms with Gasteiger partial charge in [-0.2, -0.15) is 0 Å². The quantitative estimate of drug-likeness (QED) is 0.738. The summed E-state index contributed by atoms with van der Waals surface area (Å²) < 4.78 is 0. The minimum absolute atomic E-state index is 0.0319. The van der Waals surface area contributed by atoms with Gasteiger partial charge >= 0.3 is 0 Å². The first-order valence-corrected chi connectivity index (χ1v) is 5.29. The molecule has 0 spiro atoms. The summed E-state index contributed by atoms with van der Waals surface area (Å²) in [4.78, 5) is 23.1. The Balaban J connectivity index is 2.69. The van der Waals surface area contributed by atoms with Gasteiger partial charge in [0.2, 0.25) is 0 Å². The molecule has 0 amide bonds. The van der Waals surface area contributed by atoms with Crippen LogP contribution in [0.4, 0.5) is 0 Å². The molecule has 0 bridgehead atoms. The van der Waals surface area contributed by atoms with Crippen molar-refractivity contribution in [2.45, 2.75) is 39.2 Å². The fourth-order valence-electron chi connectivity index (χ4n) is 2.15. The van der Waals surface area contributed by atoms with E-state index in [0.717, 1.165) is 19.3 Å². The zero-order valence-electron chi connectivity index (χ0n) is 9.17. The van der Waals surface area contributed by atoms with Gasteiger partial charge in [0, 0.05) is 11.8 Å². The van der Waals surface area contributed by atoms with Crippen LogP contribution in [0.2, 0.25) is 0 Å². The second kappa shape index (κ2) is 4.69. The minimum Gasteiger partial charge on any atom is -0.311 e. The van der Waals surface area contributed by atoms with Crippen molar-refractivity contribution < 1.29 is 9.59 Å². The van der Waals surface area contributed by atoms with Crippen LogP contribution >= 0.6 is 0 Å². The first-order chi connectivity index (χ1) is 6.57. The number of nitrogens with one attached hydrogen (secondary N) is 1. The maximum absolute atomic E-state index is 11.9. The lowest BCUT2D eigenvalue weighted by molar-refractivity contribution is -0.133. The Morgan fingerprint density at radius 1 is 1.50 bits per heavy atom. The zero-order chi connectivity index (χ0) is 10.7. The van der Waals surface area contributed by atoms with E-state index < -0.39 is 0 Å². The molecule has 3 nitrogen and oxygen atoms in total. The van der Waals surface area contributed by atoms with E-state index in [9.17, 15) is 9.59 Å². The highest BCUT2D eigenvalue weighted by Crippen LogP contribution is 2.27. The van der Waals surface area contributed by atoms with E-state index >= 15 is 0 Å². The lowest BCUT2D eigenvalue weighted by Crippen LogP contribution is -2.44. The van der Waals surface area contributed by atoms with Crippen molar-refractivity contribution >= 4 is 11.6 Å². The van der Waals surface area contributed by atoms with Crippen LogP contribution in [0, 0.1) is 11.8 Å². The monoisotopic (exact) mass is 197 g/mol. The van der Waals surface area contributed by atoms with Crippen molar-refractivity contribution in [3.63, 3.8) is 0 Å². The van der Waals surface area contributed by atoms with Crippen LogP contribution in [0.25, 0.3) is 0 Å². The van der Waals surface area contributed by atoms with Crippen LogP contribution in [0.5, 0.6) is 0 Å². The van der Waals surface area contributed by atoms with Crippen LogP contribution in [-0.2, 0) is 9.59 Å². The molecule has 1 aliphatic rings. The molecule has 1 rings (SSSR count). The van der Waals surface area contributed by atoms with Crippen LogP contribution in [0.3, 0.4) is 0 Å². The highest BCUT2D eigenvalue weighted by molar-refractivity contribution is 5.92. The maximum Gasteiger partial charge on any atom is 0.153 e. The summed E-state index contributed by atoms with van der Waals surface area (Å²) in [7, 11) is 1.81. The molecule has 3 unspecified atom stereocenters. The number of Topliss-reactive ketones (excluding diaryl/α,β-unsaturated/α-hetero) is 2. The van der Waals surface area contributed by atoms with E-state index in [-0.39, 0.29) is 29.4 Å². The Morgan fingerprint density at radius 2 is 2.14 bits per heavy atom. The molecule has 1 aliphatic carbocycles. The molecule has 0 aromatic rings. The normalized spacial score (nSPS) is 30.1. The molecular formula is C11H19NO2. The predicted octanol–water partition coefficient (Wildman–Crippen LogP) is 1.17. The molecule has 1 N–H and O–H groups in total. The molecule has 14 heavy (non-hydrogen) atoms. The van der Waals surface area contributed by atoms with Crippen molar-refractivity contribution in [2.24, 2.45) is 11.8 Å². The van der Waals surface area contributed by atoms with Gasteiger partial charge in [-0.3, -0.25) is 9.59 Å². The van der Waals surface area contributed by atoms with Crippen molar-refractivity contribution in [3.05, 3.63) is 0 Å². The maximum atomic E-state index is 11.9. The first kappa shape index (κ1) is 11.4. The van der Waals surface area contributed by atoms with E-state index in [4.69, 9.17) is 0 Å². The fourth-order valence-corrected chi connectivity index (χ4v) is 2.15. The van der Waals surface area contributed by atoms with Gasteiger partial charge in [-0.1, -0.05) is 13.3 Å². The average molecular weight is 197 g/mol. The number of rotatable bonds is 3. The lowest BCUT2D eigenvalue weighted by atomic mass is 9.76. The number of carbonyl (C=O) groups excluding carboxylic acids is 2. The number of carbonyl (C=O) groups is 2. The van der Waals surface area contributed by atoms with E-state index in [1.807, 2.05) is 14.0 Å². The summed E-state index contributed by atoms with van der Waals surface area (Å²) in [5.74, 6) is 0.180. The van der Waals surface area contributed by atoms with Gasteiger partial charge in [0.25, 0.3) is 0 Å². The highest BCUT2D eigenvalue weighted by Gasteiger charge is 2.35. The predicted molar refractivity (Wildman–Crippen MR) is 55.0 cm³/mol. The van der Waals surface area contributed by atoms with Gasteiger partial charge in [0.05, 0.1) is 6.04 Å². The van der Waals surface area contributed by atoms with Crippen LogP contribution in [0.15, 0.2) is 0 Å². The van der Waals surface area contributed by atoms with E-state index in [1.54, 1.807) is 6.92 Å². The first-order valence-electron chi connectivity index (χ1n) is 5.29. The van der Waals surface area contributed by atoms with Crippen LogP contribution in [-0.4, -0.2) is 24.7 Å². The summed E-state index contributed by atoms with van der Waals surface area (Å²) in [6.45, 7) is 3.43. The van der Waals surface area contributed by atoms with Gasteiger partial charge in [-0.15, -0.1) is 0 Å². The van der Waals surface area contributed by atoms with E-state index in [2.05, 4.69) is 5.32 Å². The molecule has 3 atom stereocenters. The number of hydrogen-bond acceptors (Lipinski definition) is 3. The van der Waals surface area contributed by atoms with Crippen molar-refractivity contribution in [1.82, 2.24) is 5.32 Å². The van der Waals surface area contributed by atoms with E-state index in [0.29, 0.717) is 0 Å². The third kappa shape index (κ3) is 2.21. The lowest BCUT2D eigenvalue weighted by Gasteiger charge is -2.30. The number of hydrogen-bond donors (Lipinski definition) is 1. The smallest absolute Gasteiger partial charge is 0.153 e. The Morgan fingerprint density at radius 3 is 2.64 bits per heavy atom. The molecule has 3 heteroatoms. The minimum atomic E-state index is -0.112. The Labute approximate surface area is 85.3 Å². The molecule has 0 heterocycles. The number of likely N-dealkylation sites (N-methyl/N-ethyl adjacent to an activating group) is 1. The number of ketones is 2. The van der Waals surface area contributed by atoms with Crippen LogP contribution in [0.1, 0.15) is 33.1 Å². The molecule has 1 fully saturated rings. The average Bonchev–Trinajstić information content (AvgIpc) is 2.17. The van der Waals surface area contributed by atoms with Gasteiger partial charge in [0.1, 0.15) is 5.78 Å². The second-order valence-electron chi connectivity index (χ2n) is 4.18. The van der Waals surface area contributed by atoms with Gasteiger partial charge < -0.3 is 5.32 Å².